The maximum atomic E-state index is 12.2. The first kappa shape index (κ1) is 15.5. The minimum Gasteiger partial charge on any atom is -0.368 e. The Hall–Kier alpha value is -2.44. The van der Waals surface area contributed by atoms with Crippen LogP contribution in [0.4, 0.5) is 5.95 Å². The van der Waals surface area contributed by atoms with E-state index in [1.807, 2.05) is 9.80 Å². The molecule has 0 atom stereocenters. The van der Waals surface area contributed by atoms with E-state index in [0.29, 0.717) is 25.6 Å². The Kier molecular flexibility index (Phi) is 4.55. The van der Waals surface area contributed by atoms with Crippen LogP contribution >= 0.6 is 0 Å². The van der Waals surface area contributed by atoms with Crippen molar-refractivity contribution in [3.63, 3.8) is 0 Å². The maximum Gasteiger partial charge on any atom is 0.246 e. The average molecular weight is 315 g/mol. The SMILES string of the molecule is Nc1ncc(/C=C/C(=O)N2CCC(N3CCCC3=O)CC2)cn1. The van der Waals surface area contributed by atoms with Crippen LogP contribution in [0.25, 0.3) is 6.08 Å². The zero-order valence-corrected chi connectivity index (χ0v) is 13.0. The minimum absolute atomic E-state index is 0.0203. The molecule has 0 saturated carbocycles. The summed E-state index contributed by atoms with van der Waals surface area (Å²) in [5.41, 5.74) is 6.17. The van der Waals surface area contributed by atoms with Gasteiger partial charge in [0.2, 0.25) is 17.8 Å². The predicted octanol–water partition coefficient (Wildman–Crippen LogP) is 0.685. The summed E-state index contributed by atoms with van der Waals surface area (Å²) in [5, 5.41) is 0. The van der Waals surface area contributed by atoms with E-state index in [9.17, 15) is 9.59 Å². The van der Waals surface area contributed by atoms with Crippen LogP contribution in [0, 0.1) is 0 Å². The molecule has 2 fully saturated rings. The lowest BCUT2D eigenvalue weighted by molar-refractivity contribution is -0.132. The van der Waals surface area contributed by atoms with Crippen LogP contribution in [0.2, 0.25) is 0 Å². The molecule has 122 valence electrons. The number of nitrogen functional groups attached to an aromatic ring is 1. The highest BCUT2D eigenvalue weighted by atomic mass is 16.2. The van der Waals surface area contributed by atoms with Crippen LogP contribution < -0.4 is 5.73 Å². The van der Waals surface area contributed by atoms with Gasteiger partial charge in [0.25, 0.3) is 0 Å². The van der Waals surface area contributed by atoms with Gasteiger partial charge in [0.1, 0.15) is 0 Å². The Balaban J connectivity index is 1.52. The van der Waals surface area contributed by atoms with Crippen molar-refractivity contribution in [3.8, 4) is 0 Å². The molecule has 7 nitrogen and oxygen atoms in total. The molecule has 1 aromatic heterocycles. The molecule has 0 aliphatic carbocycles. The Bertz CT molecular complexity index is 605. The van der Waals surface area contributed by atoms with Crippen molar-refractivity contribution in [1.29, 1.82) is 0 Å². The number of nitrogens with two attached hydrogens (primary N) is 1. The second kappa shape index (κ2) is 6.76. The fraction of sp³-hybridized carbons (Fsp3) is 0.500. The number of carbonyl (C=O) groups excluding carboxylic acids is 2. The van der Waals surface area contributed by atoms with E-state index in [0.717, 1.165) is 31.4 Å². The van der Waals surface area contributed by atoms with Gasteiger partial charge in [-0.25, -0.2) is 9.97 Å². The summed E-state index contributed by atoms with van der Waals surface area (Å²) in [4.78, 5) is 35.6. The molecule has 2 N–H and O–H groups in total. The third-order valence-electron chi connectivity index (χ3n) is 4.44. The molecule has 2 amide bonds. The fourth-order valence-electron chi connectivity index (χ4n) is 3.16. The van der Waals surface area contributed by atoms with Crippen LogP contribution in [0.5, 0.6) is 0 Å². The van der Waals surface area contributed by atoms with E-state index in [1.165, 1.54) is 6.08 Å². The van der Waals surface area contributed by atoms with E-state index < -0.39 is 0 Å². The van der Waals surface area contributed by atoms with Crippen LogP contribution in [-0.4, -0.2) is 57.3 Å². The molecule has 3 heterocycles. The number of hydrogen-bond donors (Lipinski definition) is 1. The molecule has 2 aliphatic rings. The van der Waals surface area contributed by atoms with Crippen molar-refractivity contribution in [2.24, 2.45) is 0 Å². The van der Waals surface area contributed by atoms with Crippen molar-refractivity contribution < 1.29 is 9.59 Å². The first-order valence-electron chi connectivity index (χ1n) is 7.97. The van der Waals surface area contributed by atoms with Crippen molar-refractivity contribution in [1.82, 2.24) is 19.8 Å². The lowest BCUT2D eigenvalue weighted by Gasteiger charge is -2.36. The van der Waals surface area contributed by atoms with E-state index in [4.69, 9.17) is 5.73 Å². The number of hydrogen-bond acceptors (Lipinski definition) is 5. The highest BCUT2D eigenvalue weighted by Crippen LogP contribution is 2.22. The molecule has 2 saturated heterocycles. The van der Waals surface area contributed by atoms with E-state index in [1.54, 1.807) is 18.5 Å². The van der Waals surface area contributed by atoms with Gasteiger partial charge in [-0.2, -0.15) is 0 Å². The summed E-state index contributed by atoms with van der Waals surface area (Å²) in [5.74, 6) is 0.457. The Morgan fingerprint density at radius 2 is 1.91 bits per heavy atom. The number of amides is 2. The first-order valence-corrected chi connectivity index (χ1v) is 7.97. The van der Waals surface area contributed by atoms with Gasteiger partial charge >= 0.3 is 0 Å². The maximum absolute atomic E-state index is 12.2. The van der Waals surface area contributed by atoms with Gasteiger partial charge in [0.05, 0.1) is 0 Å². The topological polar surface area (TPSA) is 92.4 Å². The second-order valence-electron chi connectivity index (χ2n) is 5.96. The highest BCUT2D eigenvalue weighted by molar-refractivity contribution is 5.91. The number of piperidine rings is 1. The third-order valence-corrected chi connectivity index (χ3v) is 4.44. The Labute approximate surface area is 135 Å². The van der Waals surface area contributed by atoms with Crippen molar-refractivity contribution in [3.05, 3.63) is 24.0 Å². The molecule has 3 rings (SSSR count). The van der Waals surface area contributed by atoms with Crippen LogP contribution in [0.3, 0.4) is 0 Å². The van der Waals surface area contributed by atoms with Gasteiger partial charge < -0.3 is 15.5 Å². The summed E-state index contributed by atoms with van der Waals surface area (Å²) < 4.78 is 0. The van der Waals surface area contributed by atoms with Gasteiger partial charge in [-0.05, 0) is 25.3 Å². The molecular weight excluding hydrogens is 294 g/mol. The largest absolute Gasteiger partial charge is 0.368 e. The Morgan fingerprint density at radius 1 is 1.22 bits per heavy atom. The molecule has 1 aromatic rings. The summed E-state index contributed by atoms with van der Waals surface area (Å²) in [6, 6.07) is 0.295. The van der Waals surface area contributed by atoms with Gasteiger partial charge in [0.15, 0.2) is 0 Å². The lowest BCUT2D eigenvalue weighted by Crippen LogP contribution is -2.46. The van der Waals surface area contributed by atoms with Gasteiger partial charge in [0, 0.05) is 56.1 Å². The van der Waals surface area contributed by atoms with Crippen LogP contribution in [-0.2, 0) is 9.59 Å². The quantitative estimate of drug-likeness (QED) is 0.828. The monoisotopic (exact) mass is 315 g/mol. The highest BCUT2D eigenvalue weighted by Gasteiger charge is 2.31. The summed E-state index contributed by atoms with van der Waals surface area (Å²) in [6.45, 7) is 2.25. The zero-order chi connectivity index (χ0) is 16.2. The molecule has 2 aliphatic heterocycles. The summed E-state index contributed by atoms with van der Waals surface area (Å²) >= 11 is 0. The van der Waals surface area contributed by atoms with Gasteiger partial charge in [-0.15, -0.1) is 0 Å². The number of likely N-dealkylation sites (tertiary alicyclic amines) is 2. The Morgan fingerprint density at radius 3 is 2.52 bits per heavy atom. The van der Waals surface area contributed by atoms with Crippen LogP contribution in [0.1, 0.15) is 31.2 Å². The second-order valence-corrected chi connectivity index (χ2v) is 5.96. The lowest BCUT2D eigenvalue weighted by atomic mass is 10.0. The summed E-state index contributed by atoms with van der Waals surface area (Å²) in [7, 11) is 0. The molecule has 0 spiro atoms. The minimum atomic E-state index is -0.0203. The standard InChI is InChI=1S/C16H21N5O2/c17-16-18-10-12(11-19-16)3-4-14(22)20-8-5-13(6-9-20)21-7-1-2-15(21)23/h3-4,10-11,13H,1-2,5-9H2,(H2,17,18,19)/b4-3+. The van der Waals surface area contributed by atoms with Crippen molar-refractivity contribution in [2.75, 3.05) is 25.4 Å². The number of carbonyl (C=O) groups is 2. The number of rotatable bonds is 3. The fourth-order valence-corrected chi connectivity index (χ4v) is 3.16. The van der Waals surface area contributed by atoms with Gasteiger partial charge in [-0.1, -0.05) is 0 Å². The first-order chi connectivity index (χ1) is 11.1. The summed E-state index contributed by atoms with van der Waals surface area (Å²) in [6.07, 6.45) is 9.74. The van der Waals surface area contributed by atoms with E-state index >= 15 is 0 Å². The smallest absolute Gasteiger partial charge is 0.246 e. The van der Waals surface area contributed by atoms with Gasteiger partial charge in [-0.3, -0.25) is 9.59 Å². The molecule has 7 heteroatoms. The number of aromatic nitrogens is 2. The zero-order valence-electron chi connectivity index (χ0n) is 13.0. The number of nitrogens with zero attached hydrogens (tertiary/aromatic N) is 4. The molecule has 23 heavy (non-hydrogen) atoms. The van der Waals surface area contributed by atoms with Crippen LogP contribution in [0.15, 0.2) is 18.5 Å². The third kappa shape index (κ3) is 3.67. The normalized spacial score (nSPS) is 19.7. The van der Waals surface area contributed by atoms with Crippen molar-refractivity contribution in [2.45, 2.75) is 31.7 Å². The average Bonchev–Trinajstić information content (AvgIpc) is 3.00. The molecule has 0 bridgehead atoms. The molecule has 0 aromatic carbocycles. The molecular formula is C16H21N5O2. The van der Waals surface area contributed by atoms with E-state index in [-0.39, 0.29) is 17.8 Å². The predicted molar refractivity (Wildman–Crippen MR) is 86.0 cm³/mol. The molecule has 0 radical (unpaired) electrons. The molecule has 0 unspecified atom stereocenters. The van der Waals surface area contributed by atoms with Crippen molar-refractivity contribution >= 4 is 23.8 Å². The number of anilines is 1. The van der Waals surface area contributed by atoms with E-state index in [2.05, 4.69) is 9.97 Å².